The highest BCUT2D eigenvalue weighted by Gasteiger charge is 2.25. The maximum atomic E-state index is 11.4. The smallest absolute Gasteiger partial charge is 0.226 e. The lowest BCUT2D eigenvalue weighted by atomic mass is 9.92. The Hall–Kier alpha value is -0.650. The summed E-state index contributed by atoms with van der Waals surface area (Å²) in [5.41, 5.74) is -0.411. The Labute approximate surface area is 91.2 Å². The number of hydrogen-bond donors (Lipinski definition) is 3. The molecule has 1 amide bonds. The van der Waals surface area contributed by atoms with E-state index in [1.165, 1.54) is 0 Å². The molecule has 0 fully saturated rings. The Morgan fingerprint density at radius 1 is 1.40 bits per heavy atom. The number of rotatable bonds is 8. The molecule has 0 aliphatic carbocycles. The van der Waals surface area contributed by atoms with E-state index < -0.39 is 5.41 Å². The molecule has 0 aromatic rings. The van der Waals surface area contributed by atoms with E-state index in [9.17, 15) is 4.79 Å². The minimum Gasteiger partial charge on any atom is -0.394 e. The van der Waals surface area contributed by atoms with Gasteiger partial charge >= 0.3 is 0 Å². The van der Waals surface area contributed by atoms with Gasteiger partial charge in [-0.15, -0.1) is 0 Å². The molecule has 0 aliphatic rings. The Kier molecular flexibility index (Phi) is 7.29. The third kappa shape index (κ3) is 6.43. The molecule has 90 valence electrons. The Morgan fingerprint density at radius 3 is 2.60 bits per heavy atom. The number of carbonyl (C=O) groups excluding carboxylic acids is 1. The average molecular weight is 218 g/mol. The lowest BCUT2D eigenvalue weighted by molar-refractivity contribution is -0.128. The molecule has 5 nitrogen and oxygen atoms in total. The Balaban J connectivity index is 3.53. The first-order valence-corrected chi connectivity index (χ1v) is 5.16. The summed E-state index contributed by atoms with van der Waals surface area (Å²) in [4.78, 5) is 11.4. The maximum absolute atomic E-state index is 11.4. The molecular formula is C10H22N2O3. The minimum absolute atomic E-state index is 0.0197. The standard InChI is InChI=1S/C10H22N2O3/c1-10(2,9(14)11-3)8-12-4-6-15-7-5-13/h12-13H,4-8H2,1-3H3,(H,11,14). The molecule has 0 heterocycles. The van der Waals surface area contributed by atoms with Crippen molar-refractivity contribution < 1.29 is 14.6 Å². The molecule has 0 aromatic carbocycles. The van der Waals surface area contributed by atoms with Crippen LogP contribution < -0.4 is 10.6 Å². The third-order valence-corrected chi connectivity index (χ3v) is 2.07. The van der Waals surface area contributed by atoms with Gasteiger partial charge in [-0.3, -0.25) is 4.79 Å². The van der Waals surface area contributed by atoms with Crippen LogP contribution in [0.25, 0.3) is 0 Å². The summed E-state index contributed by atoms with van der Waals surface area (Å²) in [5, 5.41) is 14.2. The van der Waals surface area contributed by atoms with Crippen molar-refractivity contribution in [3.63, 3.8) is 0 Å². The van der Waals surface area contributed by atoms with Gasteiger partial charge in [-0.2, -0.15) is 0 Å². The first-order chi connectivity index (χ1) is 7.04. The van der Waals surface area contributed by atoms with Gasteiger partial charge in [-0.25, -0.2) is 0 Å². The monoisotopic (exact) mass is 218 g/mol. The van der Waals surface area contributed by atoms with Crippen molar-refractivity contribution in [1.29, 1.82) is 0 Å². The number of aliphatic hydroxyl groups is 1. The first kappa shape index (κ1) is 14.3. The van der Waals surface area contributed by atoms with Crippen molar-refractivity contribution in [2.45, 2.75) is 13.8 Å². The number of ether oxygens (including phenoxy) is 1. The van der Waals surface area contributed by atoms with Crippen LogP contribution in [0, 0.1) is 5.41 Å². The van der Waals surface area contributed by atoms with Crippen molar-refractivity contribution in [1.82, 2.24) is 10.6 Å². The SMILES string of the molecule is CNC(=O)C(C)(C)CNCCOCCO. The second-order valence-corrected chi connectivity index (χ2v) is 3.98. The predicted octanol–water partition coefficient (Wildman–Crippen LogP) is -0.643. The van der Waals surface area contributed by atoms with E-state index in [4.69, 9.17) is 9.84 Å². The van der Waals surface area contributed by atoms with Crippen LogP contribution in [-0.2, 0) is 9.53 Å². The number of nitrogens with one attached hydrogen (secondary N) is 2. The maximum Gasteiger partial charge on any atom is 0.226 e. The number of amides is 1. The lowest BCUT2D eigenvalue weighted by Crippen LogP contribution is -2.42. The van der Waals surface area contributed by atoms with Crippen LogP contribution in [0.5, 0.6) is 0 Å². The van der Waals surface area contributed by atoms with Crippen LogP contribution >= 0.6 is 0 Å². The van der Waals surface area contributed by atoms with Gasteiger partial charge in [0.25, 0.3) is 0 Å². The van der Waals surface area contributed by atoms with Gasteiger partial charge in [-0.05, 0) is 13.8 Å². The molecule has 0 aliphatic heterocycles. The summed E-state index contributed by atoms with van der Waals surface area (Å²) in [6.07, 6.45) is 0. The fourth-order valence-corrected chi connectivity index (χ4v) is 1.13. The predicted molar refractivity (Wildman–Crippen MR) is 58.6 cm³/mol. The molecule has 15 heavy (non-hydrogen) atoms. The van der Waals surface area contributed by atoms with E-state index in [1.54, 1.807) is 7.05 Å². The van der Waals surface area contributed by atoms with E-state index >= 15 is 0 Å². The zero-order valence-electron chi connectivity index (χ0n) is 9.80. The molecule has 0 saturated carbocycles. The van der Waals surface area contributed by atoms with Crippen molar-refractivity contribution in [2.75, 3.05) is 40.0 Å². The van der Waals surface area contributed by atoms with Crippen molar-refractivity contribution in [2.24, 2.45) is 5.41 Å². The molecule has 0 rings (SSSR count). The van der Waals surface area contributed by atoms with Gasteiger partial charge in [-0.1, -0.05) is 0 Å². The fraction of sp³-hybridized carbons (Fsp3) is 0.900. The van der Waals surface area contributed by atoms with Gasteiger partial charge in [0.15, 0.2) is 0 Å². The van der Waals surface area contributed by atoms with E-state index in [2.05, 4.69) is 10.6 Å². The number of carbonyl (C=O) groups is 1. The van der Waals surface area contributed by atoms with Crippen LogP contribution in [0.15, 0.2) is 0 Å². The topological polar surface area (TPSA) is 70.6 Å². The van der Waals surface area contributed by atoms with Gasteiger partial charge in [0.2, 0.25) is 5.91 Å². The molecule has 0 unspecified atom stereocenters. The van der Waals surface area contributed by atoms with Crippen molar-refractivity contribution >= 4 is 5.91 Å². The molecule has 0 aromatic heterocycles. The van der Waals surface area contributed by atoms with E-state index in [0.717, 1.165) is 0 Å². The summed E-state index contributed by atoms with van der Waals surface area (Å²) in [5.74, 6) is 0.0197. The van der Waals surface area contributed by atoms with E-state index in [0.29, 0.717) is 26.3 Å². The minimum atomic E-state index is -0.411. The van der Waals surface area contributed by atoms with Gasteiger partial charge in [0.1, 0.15) is 0 Å². The quantitative estimate of drug-likeness (QED) is 0.474. The third-order valence-electron chi connectivity index (χ3n) is 2.07. The number of hydrogen-bond acceptors (Lipinski definition) is 4. The largest absolute Gasteiger partial charge is 0.394 e. The fourth-order valence-electron chi connectivity index (χ4n) is 1.13. The Bertz CT molecular complexity index is 184. The highest BCUT2D eigenvalue weighted by Crippen LogP contribution is 2.12. The zero-order valence-corrected chi connectivity index (χ0v) is 9.80. The summed E-state index contributed by atoms with van der Waals surface area (Å²) in [7, 11) is 1.63. The lowest BCUT2D eigenvalue weighted by Gasteiger charge is -2.22. The zero-order chi connectivity index (χ0) is 11.7. The van der Waals surface area contributed by atoms with Gasteiger partial charge in [0.05, 0.1) is 25.2 Å². The molecule has 5 heteroatoms. The van der Waals surface area contributed by atoms with Crippen LogP contribution in [-0.4, -0.2) is 51.0 Å². The molecule has 0 atom stereocenters. The van der Waals surface area contributed by atoms with E-state index in [-0.39, 0.29) is 12.5 Å². The highest BCUT2D eigenvalue weighted by atomic mass is 16.5. The number of aliphatic hydroxyl groups excluding tert-OH is 1. The second kappa shape index (κ2) is 7.62. The molecule has 0 bridgehead atoms. The normalized spacial score (nSPS) is 11.5. The van der Waals surface area contributed by atoms with Crippen molar-refractivity contribution in [3.8, 4) is 0 Å². The van der Waals surface area contributed by atoms with Crippen LogP contribution in [0.1, 0.15) is 13.8 Å². The molecule has 3 N–H and O–H groups in total. The van der Waals surface area contributed by atoms with Crippen LogP contribution in [0.3, 0.4) is 0 Å². The second-order valence-electron chi connectivity index (χ2n) is 3.98. The molecular weight excluding hydrogens is 196 g/mol. The summed E-state index contributed by atoms with van der Waals surface area (Å²) in [6.45, 7) is 6.01. The van der Waals surface area contributed by atoms with Crippen molar-refractivity contribution in [3.05, 3.63) is 0 Å². The molecule has 0 saturated heterocycles. The van der Waals surface area contributed by atoms with E-state index in [1.807, 2.05) is 13.8 Å². The summed E-state index contributed by atoms with van der Waals surface area (Å²) < 4.78 is 5.07. The highest BCUT2D eigenvalue weighted by molar-refractivity contribution is 5.81. The van der Waals surface area contributed by atoms with Gasteiger partial charge in [0, 0.05) is 20.1 Å². The summed E-state index contributed by atoms with van der Waals surface area (Å²) >= 11 is 0. The molecule has 0 radical (unpaired) electrons. The van der Waals surface area contributed by atoms with Crippen LogP contribution in [0.2, 0.25) is 0 Å². The Morgan fingerprint density at radius 2 is 2.07 bits per heavy atom. The molecule has 0 spiro atoms. The first-order valence-electron chi connectivity index (χ1n) is 5.16. The summed E-state index contributed by atoms with van der Waals surface area (Å²) in [6, 6.07) is 0. The van der Waals surface area contributed by atoms with Gasteiger partial charge < -0.3 is 20.5 Å². The van der Waals surface area contributed by atoms with Crippen LogP contribution in [0.4, 0.5) is 0 Å². The average Bonchev–Trinajstić information content (AvgIpc) is 2.22.